The third-order valence-electron chi connectivity index (χ3n) is 5.26. The van der Waals surface area contributed by atoms with Crippen LogP contribution in [0.3, 0.4) is 0 Å². The summed E-state index contributed by atoms with van der Waals surface area (Å²) in [4.78, 5) is 0. The molecule has 1 aromatic carbocycles. The quantitative estimate of drug-likeness (QED) is 0.609. The minimum absolute atomic E-state index is 0.592. The Morgan fingerprint density at radius 1 is 1.24 bits per heavy atom. The van der Waals surface area contributed by atoms with Gasteiger partial charge in [0.1, 0.15) is 0 Å². The largest absolute Gasteiger partial charge is 0.0805 e. The lowest BCUT2D eigenvalue weighted by Crippen LogP contribution is -2.07. The first kappa shape index (κ1) is 13.6. The molecule has 0 heterocycles. The van der Waals surface area contributed by atoms with Crippen molar-refractivity contribution in [3.63, 3.8) is 0 Å². The van der Waals surface area contributed by atoms with Gasteiger partial charge in [0.25, 0.3) is 0 Å². The molecule has 0 N–H and O–H groups in total. The number of halogens is 1. The summed E-state index contributed by atoms with van der Waals surface area (Å²) in [7, 11) is 0. The highest BCUT2D eigenvalue weighted by Gasteiger charge is 2.28. The van der Waals surface area contributed by atoms with Crippen LogP contribution in [0, 0.1) is 0 Å². The van der Waals surface area contributed by atoms with Crippen LogP contribution in [-0.4, -0.2) is 0 Å². The van der Waals surface area contributed by atoms with E-state index in [1.165, 1.54) is 47.7 Å². The number of rotatable bonds is 2. The normalized spacial score (nSPS) is 22.9. The van der Waals surface area contributed by atoms with Gasteiger partial charge in [0.05, 0.1) is 0 Å². The summed E-state index contributed by atoms with van der Waals surface area (Å²) < 4.78 is 1.38. The van der Waals surface area contributed by atoms with Crippen LogP contribution in [0.25, 0.3) is 6.08 Å². The molecule has 0 aliphatic heterocycles. The minimum atomic E-state index is 0.592. The Kier molecular flexibility index (Phi) is 3.41. The number of aryl methyl sites for hydroxylation is 1. The highest BCUT2D eigenvalue weighted by Crippen LogP contribution is 2.46. The van der Waals surface area contributed by atoms with Crippen LogP contribution < -0.4 is 0 Å². The molecule has 0 radical (unpaired) electrons. The van der Waals surface area contributed by atoms with E-state index in [2.05, 4.69) is 53.2 Å². The molecule has 3 aliphatic carbocycles. The van der Waals surface area contributed by atoms with Crippen molar-refractivity contribution >= 4 is 22.0 Å². The van der Waals surface area contributed by atoms with E-state index >= 15 is 0 Å². The molecule has 0 spiro atoms. The molecule has 0 fully saturated rings. The summed E-state index contributed by atoms with van der Waals surface area (Å²) in [6, 6.07) is 2.52. The van der Waals surface area contributed by atoms with Gasteiger partial charge in [-0.25, -0.2) is 0 Å². The zero-order chi connectivity index (χ0) is 14.4. The van der Waals surface area contributed by atoms with Crippen LogP contribution in [0.15, 0.2) is 39.9 Å². The average Bonchev–Trinajstić information content (AvgIpc) is 3.10. The van der Waals surface area contributed by atoms with Crippen molar-refractivity contribution in [3.05, 3.63) is 62.2 Å². The molecular formula is C20H21Br. The maximum Gasteiger partial charge on any atom is 0.0285 e. The van der Waals surface area contributed by atoms with E-state index in [-0.39, 0.29) is 0 Å². The van der Waals surface area contributed by atoms with Gasteiger partial charge in [0.2, 0.25) is 0 Å². The van der Waals surface area contributed by atoms with Crippen molar-refractivity contribution in [1.29, 1.82) is 0 Å². The second kappa shape index (κ2) is 5.28. The third kappa shape index (κ3) is 2.26. The fourth-order valence-electron chi connectivity index (χ4n) is 4.08. The second-order valence-electron chi connectivity index (χ2n) is 6.64. The van der Waals surface area contributed by atoms with Gasteiger partial charge in [0, 0.05) is 10.4 Å². The molecule has 21 heavy (non-hydrogen) atoms. The Bertz CT molecular complexity index is 688. The molecule has 0 amide bonds. The summed E-state index contributed by atoms with van der Waals surface area (Å²) in [6.45, 7) is 2.30. The zero-order valence-electron chi connectivity index (χ0n) is 12.6. The topological polar surface area (TPSA) is 0 Å². The Morgan fingerprint density at radius 2 is 2.10 bits per heavy atom. The van der Waals surface area contributed by atoms with Crippen molar-refractivity contribution in [2.75, 3.05) is 0 Å². The molecule has 3 aliphatic rings. The molecule has 0 bridgehead atoms. The third-order valence-corrected chi connectivity index (χ3v) is 6.17. The Labute approximate surface area is 135 Å². The Hall–Kier alpha value is -1.08. The monoisotopic (exact) mass is 340 g/mol. The van der Waals surface area contributed by atoms with Gasteiger partial charge in [-0.15, -0.1) is 0 Å². The van der Waals surface area contributed by atoms with Gasteiger partial charge in [-0.2, -0.15) is 0 Å². The molecule has 0 nitrogen and oxygen atoms in total. The van der Waals surface area contributed by atoms with Crippen LogP contribution in [0.4, 0.5) is 0 Å². The van der Waals surface area contributed by atoms with E-state index in [9.17, 15) is 0 Å². The first-order valence-corrected chi connectivity index (χ1v) is 8.90. The summed E-state index contributed by atoms with van der Waals surface area (Å²) in [6.07, 6.45) is 16.7. The highest BCUT2D eigenvalue weighted by molar-refractivity contribution is 9.10. The van der Waals surface area contributed by atoms with Crippen molar-refractivity contribution in [1.82, 2.24) is 0 Å². The van der Waals surface area contributed by atoms with Gasteiger partial charge >= 0.3 is 0 Å². The Morgan fingerprint density at radius 3 is 2.90 bits per heavy atom. The van der Waals surface area contributed by atoms with E-state index in [1.807, 2.05) is 0 Å². The number of allylic oxidation sites excluding steroid dienone is 5. The summed E-state index contributed by atoms with van der Waals surface area (Å²) in [5.74, 6) is 0.592. The van der Waals surface area contributed by atoms with Gasteiger partial charge < -0.3 is 0 Å². The standard InChI is InChI=1S/C20H21Br/c1-13-10-19-18(17(13)11-14-6-2-3-7-14)12-15-8-4-5-9-16(15)20(19)21/h2-3,6,10,12,17H,4-5,7-9,11H2,1H3. The minimum Gasteiger partial charge on any atom is -0.0805 e. The van der Waals surface area contributed by atoms with Crippen molar-refractivity contribution in [2.24, 2.45) is 0 Å². The van der Waals surface area contributed by atoms with Crippen molar-refractivity contribution < 1.29 is 0 Å². The van der Waals surface area contributed by atoms with E-state index in [0.29, 0.717) is 5.92 Å². The first-order valence-electron chi connectivity index (χ1n) is 8.11. The van der Waals surface area contributed by atoms with E-state index in [0.717, 1.165) is 6.42 Å². The molecular weight excluding hydrogens is 320 g/mol. The van der Waals surface area contributed by atoms with Crippen LogP contribution in [0.1, 0.15) is 60.8 Å². The van der Waals surface area contributed by atoms with Gasteiger partial charge in [-0.1, -0.05) is 41.5 Å². The summed E-state index contributed by atoms with van der Waals surface area (Å²) in [5.41, 5.74) is 9.30. The predicted molar refractivity (Wildman–Crippen MR) is 93.6 cm³/mol. The smallest absolute Gasteiger partial charge is 0.0285 e. The Balaban J connectivity index is 1.75. The number of fused-ring (bicyclic) bond motifs is 2. The lowest BCUT2D eigenvalue weighted by molar-refractivity contribution is 0.679. The molecule has 1 aromatic rings. The molecule has 108 valence electrons. The molecule has 4 rings (SSSR count). The van der Waals surface area contributed by atoms with Gasteiger partial charge in [-0.05, 0) is 83.6 Å². The maximum atomic E-state index is 3.91. The van der Waals surface area contributed by atoms with Crippen LogP contribution in [0.5, 0.6) is 0 Å². The van der Waals surface area contributed by atoms with Crippen molar-refractivity contribution in [3.8, 4) is 0 Å². The SMILES string of the molecule is CC1=Cc2c(cc3c(c2Br)CCCC3)C1CC1=CC=CC1. The maximum absolute atomic E-state index is 3.91. The molecule has 0 aromatic heterocycles. The van der Waals surface area contributed by atoms with Crippen LogP contribution >= 0.6 is 15.9 Å². The molecule has 1 unspecified atom stereocenters. The molecule has 1 atom stereocenters. The molecule has 0 saturated heterocycles. The summed E-state index contributed by atoms with van der Waals surface area (Å²) >= 11 is 3.91. The fourth-order valence-corrected chi connectivity index (χ4v) is 4.87. The van der Waals surface area contributed by atoms with Gasteiger partial charge in [-0.3, -0.25) is 0 Å². The zero-order valence-corrected chi connectivity index (χ0v) is 14.2. The second-order valence-corrected chi connectivity index (χ2v) is 7.43. The van der Waals surface area contributed by atoms with E-state index < -0.39 is 0 Å². The number of hydrogen-bond donors (Lipinski definition) is 0. The molecule has 1 heteroatoms. The highest BCUT2D eigenvalue weighted by atomic mass is 79.9. The summed E-state index contributed by atoms with van der Waals surface area (Å²) in [5, 5.41) is 0. The predicted octanol–water partition coefficient (Wildman–Crippen LogP) is 6.10. The van der Waals surface area contributed by atoms with E-state index in [1.54, 1.807) is 22.3 Å². The van der Waals surface area contributed by atoms with E-state index in [4.69, 9.17) is 0 Å². The van der Waals surface area contributed by atoms with Crippen LogP contribution in [-0.2, 0) is 12.8 Å². The molecule has 0 saturated carbocycles. The van der Waals surface area contributed by atoms with Crippen molar-refractivity contribution in [2.45, 2.75) is 51.4 Å². The lowest BCUT2D eigenvalue weighted by atomic mass is 9.84. The van der Waals surface area contributed by atoms with Crippen LogP contribution in [0.2, 0.25) is 0 Å². The number of hydrogen-bond acceptors (Lipinski definition) is 0. The number of benzene rings is 1. The fraction of sp³-hybridized carbons (Fsp3) is 0.400. The van der Waals surface area contributed by atoms with Gasteiger partial charge in [0.15, 0.2) is 0 Å². The first-order chi connectivity index (χ1) is 10.2. The average molecular weight is 341 g/mol. The lowest BCUT2D eigenvalue weighted by Gasteiger charge is -2.22.